The van der Waals surface area contributed by atoms with Gasteiger partial charge in [-0.05, 0) is 42.8 Å². The molecular weight excluding hydrogens is 313 g/mol. The monoisotopic (exact) mass is 329 g/mol. The molecule has 0 saturated carbocycles. The van der Waals surface area contributed by atoms with Crippen LogP contribution in [-0.4, -0.2) is 18.2 Å². The van der Waals surface area contributed by atoms with Crippen LogP contribution in [0.5, 0.6) is 0 Å². The molecule has 2 aromatic carbocycles. The second-order valence-electron chi connectivity index (χ2n) is 4.92. The van der Waals surface area contributed by atoms with Crippen LogP contribution in [0.25, 0.3) is 0 Å². The van der Waals surface area contributed by atoms with Crippen LogP contribution < -0.4 is 10.0 Å². The molecule has 2 N–H and O–H groups in total. The van der Waals surface area contributed by atoms with Gasteiger partial charge in [0.1, 0.15) is 5.82 Å². The lowest BCUT2D eigenvalue weighted by Crippen LogP contribution is -2.34. The Bertz CT molecular complexity index is 740. The highest BCUT2D eigenvalue weighted by atomic mass is 32.2. The first-order valence-corrected chi connectivity index (χ1v) is 8.02. The first-order chi connectivity index (χ1) is 11.1. The van der Waals surface area contributed by atoms with Crippen LogP contribution in [0.4, 0.5) is 10.1 Å². The Morgan fingerprint density at radius 3 is 2.61 bits per heavy atom. The van der Waals surface area contributed by atoms with Gasteiger partial charge in [0, 0.05) is 17.9 Å². The van der Waals surface area contributed by atoms with Gasteiger partial charge in [-0.3, -0.25) is 9.93 Å². The third-order valence-electron chi connectivity index (χ3n) is 3.40. The van der Waals surface area contributed by atoms with Gasteiger partial charge in [0.2, 0.25) is 0 Å². The second-order valence-corrected chi connectivity index (χ2v) is 5.67. The fourth-order valence-corrected chi connectivity index (χ4v) is 2.45. The van der Waals surface area contributed by atoms with E-state index in [2.05, 4.69) is 0 Å². The number of carbonyl (C=O) groups excluding carboxylic acids is 1. The molecule has 0 atom stereocenters. The number of halogens is 1. The van der Waals surface area contributed by atoms with Crippen molar-refractivity contribution in [3.8, 4) is 6.07 Å². The summed E-state index contributed by atoms with van der Waals surface area (Å²) in [6.07, 6.45) is 0. The van der Waals surface area contributed by atoms with Crippen molar-refractivity contribution in [3.63, 3.8) is 0 Å². The van der Waals surface area contributed by atoms with Gasteiger partial charge in [0.25, 0.3) is 5.91 Å². The Hall–Kier alpha value is -2.36. The predicted octanol–water partition coefficient (Wildman–Crippen LogP) is 3.26. The van der Waals surface area contributed by atoms with E-state index >= 15 is 0 Å². The van der Waals surface area contributed by atoms with Gasteiger partial charge in [-0.1, -0.05) is 24.1 Å². The van der Waals surface area contributed by atoms with E-state index in [-0.39, 0.29) is 11.6 Å². The molecule has 0 bridgehead atoms. The van der Waals surface area contributed by atoms with Gasteiger partial charge >= 0.3 is 0 Å². The smallest absolute Gasteiger partial charge is 0.258 e. The highest BCUT2D eigenvalue weighted by Gasteiger charge is 2.21. The van der Waals surface area contributed by atoms with E-state index in [9.17, 15) is 9.18 Å². The van der Waals surface area contributed by atoms with Crippen molar-refractivity contribution in [1.29, 1.82) is 5.26 Å². The summed E-state index contributed by atoms with van der Waals surface area (Å²) in [7, 11) is 0. The zero-order valence-corrected chi connectivity index (χ0v) is 13.4. The molecule has 23 heavy (non-hydrogen) atoms. The third kappa shape index (κ3) is 3.89. The molecule has 0 unspecified atom stereocenters. The van der Waals surface area contributed by atoms with Crippen LogP contribution in [0.2, 0.25) is 0 Å². The van der Waals surface area contributed by atoms with E-state index in [0.29, 0.717) is 29.0 Å². The summed E-state index contributed by atoms with van der Waals surface area (Å²) in [6, 6.07) is 13.2. The van der Waals surface area contributed by atoms with Gasteiger partial charge in [-0.25, -0.2) is 4.39 Å². The number of hydrogen-bond donors (Lipinski definition) is 1. The average Bonchev–Trinajstić information content (AvgIpc) is 2.58. The Labute approximate surface area is 138 Å². The number of anilines is 1. The van der Waals surface area contributed by atoms with Crippen LogP contribution in [0, 0.1) is 24.1 Å². The van der Waals surface area contributed by atoms with Gasteiger partial charge in [-0.2, -0.15) is 5.26 Å². The third-order valence-corrected chi connectivity index (χ3v) is 3.82. The van der Waals surface area contributed by atoms with Crippen LogP contribution in [-0.2, 0) is 0 Å². The molecule has 0 saturated heterocycles. The van der Waals surface area contributed by atoms with E-state index in [0.717, 1.165) is 11.9 Å². The molecule has 0 aliphatic carbocycles. The molecule has 0 aliphatic rings. The molecule has 0 radical (unpaired) electrons. The van der Waals surface area contributed by atoms with Crippen molar-refractivity contribution in [2.45, 2.75) is 6.92 Å². The summed E-state index contributed by atoms with van der Waals surface area (Å²) in [5, 5.41) is 14.3. The molecule has 6 heteroatoms. The minimum atomic E-state index is -0.420. The highest BCUT2D eigenvalue weighted by Crippen LogP contribution is 2.24. The summed E-state index contributed by atoms with van der Waals surface area (Å²) >= 11 is 1.09. The number of aryl methyl sites for hydroxylation is 1. The topological polar surface area (TPSA) is 70.1 Å². The van der Waals surface area contributed by atoms with Crippen molar-refractivity contribution in [1.82, 2.24) is 0 Å². The maximum Gasteiger partial charge on any atom is 0.258 e. The summed E-state index contributed by atoms with van der Waals surface area (Å²) in [6.45, 7) is 1.95. The summed E-state index contributed by atoms with van der Waals surface area (Å²) < 4.78 is 14.4. The van der Waals surface area contributed by atoms with Crippen LogP contribution >= 0.6 is 11.9 Å². The van der Waals surface area contributed by atoms with Crippen LogP contribution in [0.1, 0.15) is 21.5 Å². The van der Waals surface area contributed by atoms with E-state index in [4.69, 9.17) is 10.4 Å². The first kappa shape index (κ1) is 17.0. The van der Waals surface area contributed by atoms with Crippen molar-refractivity contribution in [3.05, 3.63) is 65.0 Å². The molecule has 0 heterocycles. The van der Waals surface area contributed by atoms with Gasteiger partial charge in [0.15, 0.2) is 0 Å². The molecule has 1 amide bonds. The molecule has 118 valence electrons. The average molecular weight is 329 g/mol. The lowest BCUT2D eigenvalue weighted by Gasteiger charge is -2.23. The number of carbonyl (C=O) groups is 1. The van der Waals surface area contributed by atoms with Crippen molar-refractivity contribution >= 4 is 23.5 Å². The zero-order valence-electron chi connectivity index (χ0n) is 12.6. The Balaban J connectivity index is 2.39. The van der Waals surface area contributed by atoms with Crippen molar-refractivity contribution in [2.24, 2.45) is 5.14 Å². The number of nitriles is 1. The van der Waals surface area contributed by atoms with Crippen molar-refractivity contribution < 1.29 is 9.18 Å². The normalized spacial score (nSPS) is 10.2. The Morgan fingerprint density at radius 2 is 2.00 bits per heavy atom. The maximum atomic E-state index is 14.4. The number of benzene rings is 2. The van der Waals surface area contributed by atoms with Gasteiger partial charge in [-0.15, -0.1) is 0 Å². The second kappa shape index (κ2) is 7.77. The standard InChI is InChI=1S/C17H16FN3OS/c1-12-3-2-4-15(16(12)18)21(9-10-23-20)17(22)14-7-5-13(11-19)6-8-14/h2-8H,9-10,20H2,1H3. The van der Waals surface area contributed by atoms with Crippen LogP contribution in [0.3, 0.4) is 0 Å². The van der Waals surface area contributed by atoms with E-state index in [1.807, 2.05) is 6.07 Å². The molecular formula is C17H16FN3OS. The molecule has 0 aromatic heterocycles. The molecule has 0 fully saturated rings. The molecule has 2 rings (SSSR count). The minimum absolute atomic E-state index is 0.230. The quantitative estimate of drug-likeness (QED) is 0.855. The van der Waals surface area contributed by atoms with Crippen LogP contribution in [0.15, 0.2) is 42.5 Å². The maximum absolute atomic E-state index is 14.4. The van der Waals surface area contributed by atoms with Gasteiger partial charge in [0.05, 0.1) is 17.3 Å². The van der Waals surface area contributed by atoms with E-state index in [1.165, 1.54) is 4.90 Å². The van der Waals surface area contributed by atoms with E-state index < -0.39 is 5.82 Å². The number of nitrogens with zero attached hydrogens (tertiary/aromatic N) is 2. The molecule has 0 spiro atoms. The molecule has 0 aliphatic heterocycles. The molecule has 2 aromatic rings. The fraction of sp³-hybridized carbons (Fsp3) is 0.176. The van der Waals surface area contributed by atoms with E-state index in [1.54, 1.807) is 49.4 Å². The largest absolute Gasteiger partial charge is 0.305 e. The van der Waals surface area contributed by atoms with Crippen molar-refractivity contribution in [2.75, 3.05) is 17.2 Å². The number of amides is 1. The lowest BCUT2D eigenvalue weighted by molar-refractivity contribution is 0.0987. The summed E-state index contributed by atoms with van der Waals surface area (Å²) in [5.74, 6) is -0.264. The highest BCUT2D eigenvalue weighted by molar-refractivity contribution is 7.97. The fourth-order valence-electron chi connectivity index (χ4n) is 2.16. The summed E-state index contributed by atoms with van der Waals surface area (Å²) in [4.78, 5) is 14.1. The van der Waals surface area contributed by atoms with Gasteiger partial charge < -0.3 is 4.90 Å². The number of rotatable bonds is 5. The summed E-state index contributed by atoms with van der Waals surface area (Å²) in [5.41, 5.74) is 1.56. The Kier molecular flexibility index (Phi) is 5.74. The zero-order chi connectivity index (χ0) is 16.8. The number of nitrogens with two attached hydrogens (primary N) is 1. The number of hydrogen-bond acceptors (Lipinski definition) is 4. The minimum Gasteiger partial charge on any atom is -0.305 e. The SMILES string of the molecule is Cc1cccc(N(CCSN)C(=O)c2ccc(C#N)cc2)c1F. The molecule has 4 nitrogen and oxygen atoms in total. The predicted molar refractivity (Wildman–Crippen MR) is 90.6 cm³/mol. The first-order valence-electron chi connectivity index (χ1n) is 6.97. The Morgan fingerprint density at radius 1 is 1.30 bits per heavy atom. The lowest BCUT2D eigenvalue weighted by atomic mass is 10.1.